The van der Waals surface area contributed by atoms with Crippen LogP contribution >= 0.6 is 11.6 Å². The molecule has 4 aromatic carbocycles. The number of nitro groups is 1. The van der Waals surface area contributed by atoms with Crippen LogP contribution < -0.4 is 0 Å². The molecule has 5 rings (SSSR count). The minimum absolute atomic E-state index is 0.0404. The maximum absolute atomic E-state index is 11.2. The maximum atomic E-state index is 11.2. The van der Waals surface area contributed by atoms with Crippen LogP contribution in [0.3, 0.4) is 0 Å². The van der Waals surface area contributed by atoms with Crippen molar-refractivity contribution in [1.29, 1.82) is 0 Å². The van der Waals surface area contributed by atoms with Gasteiger partial charge in [0.15, 0.2) is 0 Å². The Morgan fingerprint density at radius 3 is 2.39 bits per heavy atom. The number of fused-ring (bicyclic) bond motifs is 3. The minimum Gasteiger partial charge on any atom is -0.507 e. The molecule has 0 aliphatic carbocycles. The van der Waals surface area contributed by atoms with Crippen LogP contribution in [0.4, 0.5) is 5.69 Å². The van der Waals surface area contributed by atoms with Crippen LogP contribution in [0.25, 0.3) is 44.1 Å². The van der Waals surface area contributed by atoms with Gasteiger partial charge in [-0.25, -0.2) is 4.98 Å². The van der Waals surface area contributed by atoms with Gasteiger partial charge in [-0.05, 0) is 64.4 Å². The van der Waals surface area contributed by atoms with Crippen LogP contribution in [0.1, 0.15) is 0 Å². The smallest absolute Gasteiger partial charge is 0.270 e. The number of pyridine rings is 1. The molecule has 6 heteroatoms. The van der Waals surface area contributed by atoms with Gasteiger partial charge in [-0.3, -0.25) is 10.1 Å². The predicted molar refractivity (Wildman–Crippen MR) is 123 cm³/mol. The first-order chi connectivity index (χ1) is 15.0. The number of non-ortho nitro benzene ring substituents is 1. The van der Waals surface area contributed by atoms with Gasteiger partial charge < -0.3 is 5.11 Å². The number of aromatic hydroxyl groups is 1. The van der Waals surface area contributed by atoms with Crippen molar-refractivity contribution < 1.29 is 10.0 Å². The van der Waals surface area contributed by atoms with Gasteiger partial charge >= 0.3 is 0 Å². The third-order valence-electron chi connectivity index (χ3n) is 5.32. The Kier molecular flexibility index (Phi) is 4.53. The fraction of sp³-hybridized carbons (Fsp3) is 0. The van der Waals surface area contributed by atoms with Crippen LogP contribution in [0.2, 0.25) is 5.02 Å². The molecule has 0 aliphatic rings. The molecular formula is C25H15ClN2O3. The number of halogens is 1. The van der Waals surface area contributed by atoms with Crippen LogP contribution in [0, 0.1) is 10.1 Å². The first-order valence-electron chi connectivity index (χ1n) is 9.57. The monoisotopic (exact) mass is 426 g/mol. The molecule has 0 unspecified atom stereocenters. The summed E-state index contributed by atoms with van der Waals surface area (Å²) in [6.45, 7) is 0. The van der Waals surface area contributed by atoms with Crippen molar-refractivity contribution in [3.05, 3.63) is 100 Å². The summed E-state index contributed by atoms with van der Waals surface area (Å²) in [7, 11) is 0. The molecule has 0 saturated heterocycles. The number of phenolic OH excluding ortho intramolecular Hbond substituents is 1. The topological polar surface area (TPSA) is 76.3 Å². The molecule has 0 atom stereocenters. The van der Waals surface area contributed by atoms with Gasteiger partial charge in [-0.1, -0.05) is 41.9 Å². The van der Waals surface area contributed by atoms with Gasteiger partial charge in [0.1, 0.15) is 5.75 Å². The summed E-state index contributed by atoms with van der Waals surface area (Å²) in [5, 5.41) is 24.7. The molecule has 150 valence electrons. The van der Waals surface area contributed by atoms with Gasteiger partial charge in [0, 0.05) is 28.1 Å². The summed E-state index contributed by atoms with van der Waals surface area (Å²) in [5.74, 6) is 0.146. The molecule has 31 heavy (non-hydrogen) atoms. The van der Waals surface area contributed by atoms with Crippen molar-refractivity contribution in [2.24, 2.45) is 0 Å². The van der Waals surface area contributed by atoms with Crippen LogP contribution in [0.5, 0.6) is 5.75 Å². The summed E-state index contributed by atoms with van der Waals surface area (Å²) in [4.78, 5) is 15.6. The van der Waals surface area contributed by atoms with Crippen molar-refractivity contribution in [3.8, 4) is 28.1 Å². The quantitative estimate of drug-likeness (QED) is 0.191. The number of para-hydroxylation sites is 1. The van der Waals surface area contributed by atoms with E-state index in [0.717, 1.165) is 32.8 Å². The van der Waals surface area contributed by atoms with E-state index in [4.69, 9.17) is 16.6 Å². The fourth-order valence-corrected chi connectivity index (χ4v) is 3.98. The van der Waals surface area contributed by atoms with Crippen LogP contribution in [0.15, 0.2) is 84.9 Å². The highest BCUT2D eigenvalue weighted by molar-refractivity contribution is 6.30. The Balaban J connectivity index is 1.88. The Labute approximate surface area is 182 Å². The van der Waals surface area contributed by atoms with Gasteiger partial charge in [-0.2, -0.15) is 0 Å². The summed E-state index contributed by atoms with van der Waals surface area (Å²) < 4.78 is 0. The van der Waals surface area contributed by atoms with Crippen molar-refractivity contribution in [2.45, 2.75) is 0 Å². The highest BCUT2D eigenvalue weighted by atomic mass is 35.5. The number of phenols is 1. The first kappa shape index (κ1) is 19.0. The lowest BCUT2D eigenvalue weighted by Gasteiger charge is -2.13. The molecule has 0 bridgehead atoms. The number of hydrogen-bond donors (Lipinski definition) is 1. The number of aromatic nitrogens is 1. The molecule has 0 spiro atoms. The molecule has 0 saturated carbocycles. The van der Waals surface area contributed by atoms with Crippen molar-refractivity contribution in [3.63, 3.8) is 0 Å². The fourth-order valence-electron chi connectivity index (χ4n) is 3.85. The zero-order chi connectivity index (χ0) is 21.5. The molecular weight excluding hydrogens is 412 g/mol. The van der Waals surface area contributed by atoms with Gasteiger partial charge in [0.25, 0.3) is 5.69 Å². The van der Waals surface area contributed by atoms with Crippen molar-refractivity contribution >= 4 is 39.0 Å². The average Bonchev–Trinajstić information content (AvgIpc) is 2.78. The third-order valence-corrected chi connectivity index (χ3v) is 5.57. The van der Waals surface area contributed by atoms with E-state index in [9.17, 15) is 15.2 Å². The lowest BCUT2D eigenvalue weighted by Crippen LogP contribution is -1.93. The summed E-state index contributed by atoms with van der Waals surface area (Å²) in [6, 6.07) is 25.0. The summed E-state index contributed by atoms with van der Waals surface area (Å²) >= 11 is 6.10. The Bertz CT molecular complexity index is 1480. The Morgan fingerprint density at radius 1 is 0.871 bits per heavy atom. The molecule has 5 nitrogen and oxygen atoms in total. The van der Waals surface area contributed by atoms with Crippen molar-refractivity contribution in [2.75, 3.05) is 0 Å². The van der Waals surface area contributed by atoms with Gasteiger partial charge in [-0.15, -0.1) is 0 Å². The number of rotatable bonds is 3. The number of benzene rings is 4. The number of nitro benzene ring substituents is 1. The molecule has 1 heterocycles. The van der Waals surface area contributed by atoms with E-state index < -0.39 is 4.92 Å². The van der Waals surface area contributed by atoms with Gasteiger partial charge in [0.05, 0.1) is 16.1 Å². The zero-order valence-corrected chi connectivity index (χ0v) is 16.9. The van der Waals surface area contributed by atoms with E-state index in [-0.39, 0.29) is 11.4 Å². The lowest BCUT2D eigenvalue weighted by atomic mass is 9.94. The molecule has 5 aromatic rings. The van der Waals surface area contributed by atoms with E-state index in [0.29, 0.717) is 16.3 Å². The minimum atomic E-state index is -0.400. The number of nitrogens with zero attached hydrogens (tertiary/aromatic N) is 2. The molecule has 0 aliphatic heterocycles. The van der Waals surface area contributed by atoms with E-state index >= 15 is 0 Å². The van der Waals surface area contributed by atoms with Gasteiger partial charge in [0.2, 0.25) is 0 Å². The first-order valence-corrected chi connectivity index (χ1v) is 9.95. The standard InChI is InChI=1S/C25H15ClN2O3/c26-17-8-5-15(6-9-17)21-14-23(20-3-1-2-4-24(20)29)27-22-12-7-16-13-18(28(30)31)10-11-19(16)25(21)22/h1-14,29H. The third kappa shape index (κ3) is 3.35. The van der Waals surface area contributed by atoms with Crippen molar-refractivity contribution in [1.82, 2.24) is 4.98 Å². The average molecular weight is 427 g/mol. The largest absolute Gasteiger partial charge is 0.507 e. The zero-order valence-electron chi connectivity index (χ0n) is 16.1. The summed E-state index contributed by atoms with van der Waals surface area (Å²) in [6.07, 6.45) is 0. The molecule has 0 radical (unpaired) electrons. The number of hydrogen-bond acceptors (Lipinski definition) is 4. The second kappa shape index (κ2) is 7.38. The lowest BCUT2D eigenvalue weighted by molar-refractivity contribution is -0.384. The van der Waals surface area contributed by atoms with E-state index in [2.05, 4.69) is 0 Å². The highest BCUT2D eigenvalue weighted by Crippen LogP contribution is 2.39. The Morgan fingerprint density at radius 2 is 1.65 bits per heavy atom. The molecule has 1 N–H and O–H groups in total. The molecule has 0 fully saturated rings. The predicted octanol–water partition coefficient (Wildman–Crippen LogP) is 6.99. The second-order valence-electron chi connectivity index (χ2n) is 7.20. The van der Waals surface area contributed by atoms with E-state index in [1.807, 2.05) is 54.6 Å². The Hall–Kier alpha value is -3.96. The SMILES string of the molecule is O=[N+]([O-])c1ccc2c(ccc3nc(-c4ccccc4O)cc(-c4ccc(Cl)cc4)c32)c1. The van der Waals surface area contributed by atoms with Crippen LogP contribution in [-0.2, 0) is 0 Å². The maximum Gasteiger partial charge on any atom is 0.270 e. The van der Waals surface area contributed by atoms with Crippen LogP contribution in [-0.4, -0.2) is 15.0 Å². The normalized spacial score (nSPS) is 11.1. The summed E-state index contributed by atoms with van der Waals surface area (Å²) in [5.41, 5.74) is 3.87. The highest BCUT2D eigenvalue weighted by Gasteiger charge is 2.16. The molecule has 0 amide bonds. The molecule has 1 aromatic heterocycles. The second-order valence-corrected chi connectivity index (χ2v) is 7.64. The van der Waals surface area contributed by atoms with E-state index in [1.165, 1.54) is 6.07 Å². The van der Waals surface area contributed by atoms with E-state index in [1.54, 1.807) is 24.3 Å².